The molecular weight excluding hydrogens is 542 g/mol. The molecule has 2 heterocycles. The fourth-order valence-electron chi connectivity index (χ4n) is 4.62. The molecule has 41 heavy (non-hydrogen) atoms. The van der Waals surface area contributed by atoms with E-state index in [1.54, 1.807) is 0 Å². The minimum atomic E-state index is -1.38. The van der Waals surface area contributed by atoms with Crippen LogP contribution in [0.4, 0.5) is 0 Å². The van der Waals surface area contributed by atoms with Gasteiger partial charge in [0.25, 0.3) is 0 Å². The third-order valence-corrected chi connectivity index (χ3v) is 6.38. The molecule has 1 aromatic carbocycles. The molecule has 5 atom stereocenters. The monoisotopic (exact) mass is 579 g/mol. The first kappa shape index (κ1) is 31.8. The number of ether oxygens (including phenoxy) is 7. The second-order valence-electron chi connectivity index (χ2n) is 9.75. The average molecular weight is 580 g/mol. The molecule has 2 aliphatic rings. The van der Waals surface area contributed by atoms with Crippen molar-refractivity contribution in [2.24, 2.45) is 0 Å². The summed E-state index contributed by atoms with van der Waals surface area (Å²) in [5.41, 5.74) is 0.303. The molecule has 0 saturated carbocycles. The fraction of sp³-hybridized carbons (Fsp3) is 0.607. The van der Waals surface area contributed by atoms with E-state index in [1.807, 2.05) is 0 Å². The predicted octanol–water partition coefficient (Wildman–Crippen LogP) is 1.79. The van der Waals surface area contributed by atoms with Crippen LogP contribution in [0.25, 0.3) is 0 Å². The van der Waals surface area contributed by atoms with Gasteiger partial charge in [0.05, 0.1) is 5.56 Å². The molecule has 2 aliphatic heterocycles. The van der Waals surface area contributed by atoms with Crippen LogP contribution in [-0.2, 0) is 47.6 Å². The Morgan fingerprint density at radius 1 is 0.756 bits per heavy atom. The van der Waals surface area contributed by atoms with Crippen molar-refractivity contribution in [3.63, 3.8) is 0 Å². The number of carbonyl (C=O) groups excluding carboxylic acids is 5. The van der Waals surface area contributed by atoms with Crippen molar-refractivity contribution in [2.75, 3.05) is 32.8 Å². The van der Waals surface area contributed by atoms with Crippen LogP contribution in [-0.4, -0.2) is 98.3 Å². The maximum atomic E-state index is 12.5. The van der Waals surface area contributed by atoms with E-state index in [9.17, 15) is 24.0 Å². The first-order valence-electron chi connectivity index (χ1n) is 13.5. The Hall–Kier alpha value is -3.71. The maximum absolute atomic E-state index is 12.5. The molecule has 0 unspecified atom stereocenters. The van der Waals surface area contributed by atoms with Crippen molar-refractivity contribution in [3.8, 4) is 5.75 Å². The third-order valence-electron chi connectivity index (χ3n) is 6.38. The highest BCUT2D eigenvalue weighted by Crippen LogP contribution is 2.31. The number of carbonyl (C=O) groups is 5. The smallest absolute Gasteiger partial charge is 0.338 e. The molecular formula is C28H37NO12. The first-order chi connectivity index (χ1) is 19.5. The normalized spacial score (nSPS) is 24.4. The molecule has 0 aromatic heterocycles. The molecule has 0 aliphatic carbocycles. The van der Waals surface area contributed by atoms with Crippen molar-refractivity contribution < 1.29 is 57.1 Å². The number of hydrogen-bond acceptors (Lipinski definition) is 13. The lowest BCUT2D eigenvalue weighted by molar-refractivity contribution is -0.288. The van der Waals surface area contributed by atoms with E-state index in [-0.39, 0.29) is 19.0 Å². The number of esters is 5. The number of piperidine rings is 1. The lowest BCUT2D eigenvalue weighted by Crippen LogP contribution is -2.63. The Bertz CT molecular complexity index is 1070. The molecule has 3 rings (SSSR count). The topological polar surface area (TPSA) is 153 Å². The quantitative estimate of drug-likeness (QED) is 0.277. The molecule has 0 N–H and O–H groups in total. The SMILES string of the molecule is CC(=O)OC[C@@H]1O[C@@H](Oc2ccc(C(=O)OCCN3CCCCC3)cc2)[C@H](OC(C)=O)[C@@H](OC(C)=O)[C@@H]1OC(C)=O. The fourth-order valence-corrected chi connectivity index (χ4v) is 4.62. The third kappa shape index (κ3) is 10.0. The van der Waals surface area contributed by atoms with Crippen molar-refractivity contribution >= 4 is 29.8 Å². The van der Waals surface area contributed by atoms with Gasteiger partial charge >= 0.3 is 29.8 Å². The lowest BCUT2D eigenvalue weighted by Gasteiger charge is -2.43. The summed E-state index contributed by atoms with van der Waals surface area (Å²) in [4.78, 5) is 62.0. The summed E-state index contributed by atoms with van der Waals surface area (Å²) >= 11 is 0. The van der Waals surface area contributed by atoms with Crippen LogP contribution in [0.1, 0.15) is 57.3 Å². The van der Waals surface area contributed by atoms with Crippen molar-refractivity contribution in [1.82, 2.24) is 4.90 Å². The minimum Gasteiger partial charge on any atom is -0.463 e. The Morgan fingerprint density at radius 2 is 1.34 bits per heavy atom. The van der Waals surface area contributed by atoms with E-state index >= 15 is 0 Å². The minimum absolute atomic E-state index is 0.218. The number of likely N-dealkylation sites (tertiary alicyclic amines) is 1. The van der Waals surface area contributed by atoms with Gasteiger partial charge in [-0.05, 0) is 50.2 Å². The van der Waals surface area contributed by atoms with Gasteiger partial charge in [-0.25, -0.2) is 4.79 Å². The number of benzene rings is 1. The van der Waals surface area contributed by atoms with Gasteiger partial charge in [0.2, 0.25) is 12.4 Å². The molecule has 226 valence electrons. The molecule has 2 saturated heterocycles. The standard InChI is InChI=1S/C28H37NO12/c1-17(30)36-16-23-24(37-18(2)31)25(38-19(3)32)26(39-20(4)33)28(41-23)40-22-10-8-21(9-11-22)27(34)35-15-14-29-12-6-5-7-13-29/h8-11,23-26,28H,5-7,12-16H2,1-4H3/t23-,24+,25-,26+,28+/m0/s1. The predicted molar refractivity (Wildman–Crippen MR) is 140 cm³/mol. The van der Waals surface area contributed by atoms with E-state index in [4.69, 9.17) is 33.2 Å². The summed E-state index contributed by atoms with van der Waals surface area (Å²) in [6.07, 6.45) is -3.01. The van der Waals surface area contributed by atoms with Gasteiger partial charge in [-0.15, -0.1) is 0 Å². The summed E-state index contributed by atoms with van der Waals surface area (Å²) in [5.74, 6) is -3.12. The van der Waals surface area contributed by atoms with Crippen LogP contribution in [0.3, 0.4) is 0 Å². The Labute approximate surface area is 238 Å². The summed E-state index contributed by atoms with van der Waals surface area (Å²) in [6, 6.07) is 6.00. The van der Waals surface area contributed by atoms with E-state index < -0.39 is 60.6 Å². The summed E-state index contributed by atoms with van der Waals surface area (Å²) in [6.45, 7) is 7.18. The van der Waals surface area contributed by atoms with Crippen LogP contribution in [0.5, 0.6) is 5.75 Å². The molecule has 0 radical (unpaired) electrons. The highest BCUT2D eigenvalue weighted by Gasteiger charge is 2.53. The summed E-state index contributed by atoms with van der Waals surface area (Å²) in [5, 5.41) is 0. The van der Waals surface area contributed by atoms with Crippen LogP contribution in [0.15, 0.2) is 24.3 Å². The molecule has 0 spiro atoms. The first-order valence-corrected chi connectivity index (χ1v) is 13.5. The maximum Gasteiger partial charge on any atom is 0.338 e. The van der Waals surface area contributed by atoms with Gasteiger partial charge in [-0.3, -0.25) is 24.1 Å². The van der Waals surface area contributed by atoms with Crippen molar-refractivity contribution in [3.05, 3.63) is 29.8 Å². The van der Waals surface area contributed by atoms with Gasteiger partial charge in [-0.1, -0.05) is 6.42 Å². The van der Waals surface area contributed by atoms with Crippen LogP contribution >= 0.6 is 0 Å². The summed E-state index contributed by atoms with van der Waals surface area (Å²) in [7, 11) is 0. The van der Waals surface area contributed by atoms with E-state index in [2.05, 4.69) is 4.90 Å². The Balaban J connectivity index is 1.75. The molecule has 13 nitrogen and oxygen atoms in total. The van der Waals surface area contributed by atoms with Crippen molar-refractivity contribution in [1.29, 1.82) is 0 Å². The lowest BCUT2D eigenvalue weighted by atomic mass is 9.98. The second-order valence-corrected chi connectivity index (χ2v) is 9.75. The van der Waals surface area contributed by atoms with Gasteiger partial charge in [0, 0.05) is 34.2 Å². The average Bonchev–Trinajstić information content (AvgIpc) is 2.91. The Morgan fingerprint density at radius 3 is 1.93 bits per heavy atom. The largest absolute Gasteiger partial charge is 0.463 e. The van der Waals surface area contributed by atoms with E-state index in [1.165, 1.54) is 37.6 Å². The molecule has 0 bridgehead atoms. The van der Waals surface area contributed by atoms with Gasteiger partial charge in [0.15, 0.2) is 12.2 Å². The van der Waals surface area contributed by atoms with Crippen LogP contribution in [0.2, 0.25) is 0 Å². The zero-order valence-electron chi connectivity index (χ0n) is 23.7. The summed E-state index contributed by atoms with van der Waals surface area (Å²) < 4.78 is 38.4. The number of nitrogens with zero attached hydrogens (tertiary/aromatic N) is 1. The van der Waals surface area contributed by atoms with E-state index in [0.29, 0.717) is 12.1 Å². The Kier molecular flexibility index (Phi) is 11.9. The molecule has 13 heteroatoms. The zero-order valence-corrected chi connectivity index (χ0v) is 23.7. The zero-order chi connectivity index (χ0) is 29.9. The van der Waals surface area contributed by atoms with Gasteiger partial charge in [-0.2, -0.15) is 0 Å². The molecule has 1 aromatic rings. The highest BCUT2D eigenvalue weighted by molar-refractivity contribution is 5.89. The highest BCUT2D eigenvalue weighted by atomic mass is 16.7. The van der Waals surface area contributed by atoms with Crippen LogP contribution < -0.4 is 4.74 Å². The number of rotatable bonds is 11. The van der Waals surface area contributed by atoms with E-state index in [0.717, 1.165) is 46.7 Å². The number of hydrogen-bond donors (Lipinski definition) is 0. The molecule has 0 amide bonds. The van der Waals surface area contributed by atoms with Gasteiger partial charge < -0.3 is 33.2 Å². The second kappa shape index (κ2) is 15.3. The van der Waals surface area contributed by atoms with Crippen molar-refractivity contribution in [2.45, 2.75) is 77.7 Å². The van der Waals surface area contributed by atoms with Gasteiger partial charge in [0.1, 0.15) is 25.1 Å². The molecule has 2 fully saturated rings. The van der Waals surface area contributed by atoms with Crippen LogP contribution in [0, 0.1) is 0 Å².